The van der Waals surface area contributed by atoms with Crippen molar-refractivity contribution >= 4 is 16.8 Å². The van der Waals surface area contributed by atoms with Crippen molar-refractivity contribution in [3.05, 3.63) is 71.4 Å². The van der Waals surface area contributed by atoms with Crippen LogP contribution >= 0.6 is 0 Å². The lowest BCUT2D eigenvalue weighted by Crippen LogP contribution is -2.28. The number of aryl methyl sites for hydroxylation is 1. The highest BCUT2D eigenvalue weighted by Crippen LogP contribution is 2.30. The van der Waals surface area contributed by atoms with Gasteiger partial charge in [0.1, 0.15) is 0 Å². The summed E-state index contributed by atoms with van der Waals surface area (Å²) < 4.78 is 0. The highest BCUT2D eigenvalue weighted by atomic mass is 16.2. The Balaban J connectivity index is 1.52. The zero-order valence-electron chi connectivity index (χ0n) is 13.3. The fraction of sp³-hybridized carbons (Fsp3) is 0.250. The van der Waals surface area contributed by atoms with Gasteiger partial charge in [-0.25, -0.2) is 0 Å². The number of H-pyrrole nitrogens is 1. The molecule has 23 heavy (non-hydrogen) atoms. The van der Waals surface area contributed by atoms with Crippen LogP contribution in [0.5, 0.6) is 0 Å². The van der Waals surface area contributed by atoms with Gasteiger partial charge in [0.15, 0.2) is 0 Å². The van der Waals surface area contributed by atoms with E-state index in [2.05, 4.69) is 29.2 Å². The Kier molecular flexibility index (Phi) is 3.41. The SMILES string of the molecule is Cc1ccc(C(=O)N2CCC(c3cc4ccccc4[nH]3)C2)cc1. The Hall–Kier alpha value is -2.55. The topological polar surface area (TPSA) is 36.1 Å². The van der Waals surface area contributed by atoms with Crippen LogP contribution in [-0.2, 0) is 0 Å². The van der Waals surface area contributed by atoms with Crippen LogP contribution in [0.1, 0.15) is 34.0 Å². The summed E-state index contributed by atoms with van der Waals surface area (Å²) in [4.78, 5) is 18.1. The second-order valence-electron chi connectivity index (χ2n) is 6.41. The molecule has 116 valence electrons. The second-order valence-corrected chi connectivity index (χ2v) is 6.41. The van der Waals surface area contributed by atoms with E-state index >= 15 is 0 Å². The summed E-state index contributed by atoms with van der Waals surface area (Å²) in [6.45, 7) is 3.66. The quantitative estimate of drug-likeness (QED) is 0.760. The first-order chi connectivity index (χ1) is 11.2. The average molecular weight is 304 g/mol. The minimum atomic E-state index is 0.142. The minimum Gasteiger partial charge on any atom is -0.358 e. The number of aromatic nitrogens is 1. The van der Waals surface area contributed by atoms with Crippen molar-refractivity contribution in [1.29, 1.82) is 0 Å². The Morgan fingerprint density at radius 2 is 1.91 bits per heavy atom. The third kappa shape index (κ3) is 2.63. The number of nitrogens with zero attached hydrogens (tertiary/aromatic N) is 1. The van der Waals surface area contributed by atoms with Gasteiger partial charge < -0.3 is 9.88 Å². The van der Waals surface area contributed by atoms with E-state index in [4.69, 9.17) is 0 Å². The van der Waals surface area contributed by atoms with Crippen LogP contribution in [-0.4, -0.2) is 28.9 Å². The molecule has 0 aliphatic carbocycles. The van der Waals surface area contributed by atoms with Crippen LogP contribution < -0.4 is 0 Å². The molecule has 1 aliphatic rings. The molecule has 3 aromatic rings. The number of aromatic amines is 1. The monoisotopic (exact) mass is 304 g/mol. The lowest BCUT2D eigenvalue weighted by molar-refractivity contribution is 0.0790. The summed E-state index contributed by atoms with van der Waals surface area (Å²) in [6, 6.07) is 18.4. The van der Waals surface area contributed by atoms with E-state index in [9.17, 15) is 4.79 Å². The molecule has 4 rings (SSSR count). The van der Waals surface area contributed by atoms with Gasteiger partial charge >= 0.3 is 0 Å². The lowest BCUT2D eigenvalue weighted by atomic mass is 10.1. The molecule has 0 radical (unpaired) electrons. The molecule has 3 nitrogen and oxygen atoms in total. The summed E-state index contributed by atoms with van der Waals surface area (Å²) in [7, 11) is 0. The molecule has 0 saturated carbocycles. The van der Waals surface area contributed by atoms with Gasteiger partial charge in [0.25, 0.3) is 5.91 Å². The van der Waals surface area contributed by atoms with Crippen LogP contribution in [0.3, 0.4) is 0 Å². The number of fused-ring (bicyclic) bond motifs is 1. The van der Waals surface area contributed by atoms with Gasteiger partial charge in [-0.3, -0.25) is 4.79 Å². The predicted octanol–water partition coefficient (Wildman–Crippen LogP) is 4.11. The number of carbonyl (C=O) groups is 1. The molecule has 1 unspecified atom stereocenters. The number of hydrogen-bond donors (Lipinski definition) is 1. The van der Waals surface area contributed by atoms with Gasteiger partial charge in [0.2, 0.25) is 0 Å². The lowest BCUT2D eigenvalue weighted by Gasteiger charge is -2.16. The number of likely N-dealkylation sites (tertiary alicyclic amines) is 1. The average Bonchev–Trinajstić information content (AvgIpc) is 3.21. The molecule has 2 aromatic carbocycles. The Morgan fingerprint density at radius 3 is 2.70 bits per heavy atom. The Morgan fingerprint density at radius 1 is 1.13 bits per heavy atom. The smallest absolute Gasteiger partial charge is 0.253 e. The first-order valence-electron chi connectivity index (χ1n) is 8.14. The molecule has 1 aromatic heterocycles. The van der Waals surface area contributed by atoms with Gasteiger partial charge in [-0.15, -0.1) is 0 Å². The molecule has 2 heterocycles. The van der Waals surface area contributed by atoms with E-state index in [0.717, 1.165) is 25.1 Å². The molecule has 3 heteroatoms. The zero-order chi connectivity index (χ0) is 15.8. The first-order valence-corrected chi connectivity index (χ1v) is 8.14. The fourth-order valence-corrected chi connectivity index (χ4v) is 3.39. The number of carbonyl (C=O) groups excluding carboxylic acids is 1. The molecule has 0 bridgehead atoms. The number of amides is 1. The van der Waals surface area contributed by atoms with E-state index in [1.54, 1.807) is 0 Å². The predicted molar refractivity (Wildman–Crippen MR) is 92.7 cm³/mol. The zero-order valence-corrected chi connectivity index (χ0v) is 13.3. The van der Waals surface area contributed by atoms with Crippen LogP contribution in [0.2, 0.25) is 0 Å². The van der Waals surface area contributed by atoms with Gasteiger partial charge in [-0.2, -0.15) is 0 Å². The largest absolute Gasteiger partial charge is 0.358 e. The molecule has 1 atom stereocenters. The van der Waals surface area contributed by atoms with Gasteiger partial charge in [0, 0.05) is 35.8 Å². The third-order valence-electron chi connectivity index (χ3n) is 4.76. The minimum absolute atomic E-state index is 0.142. The summed E-state index contributed by atoms with van der Waals surface area (Å²) in [5, 5.41) is 1.24. The number of para-hydroxylation sites is 1. The van der Waals surface area contributed by atoms with Crippen molar-refractivity contribution in [2.24, 2.45) is 0 Å². The Labute approximate surface area is 135 Å². The summed E-state index contributed by atoms with van der Waals surface area (Å²) in [5.41, 5.74) is 4.38. The van der Waals surface area contributed by atoms with Crippen molar-refractivity contribution in [2.75, 3.05) is 13.1 Å². The number of rotatable bonds is 2. The van der Waals surface area contributed by atoms with Crippen LogP contribution in [0.4, 0.5) is 0 Å². The molecule has 1 N–H and O–H groups in total. The van der Waals surface area contributed by atoms with Crippen molar-refractivity contribution in [3.8, 4) is 0 Å². The van der Waals surface area contributed by atoms with Crippen molar-refractivity contribution < 1.29 is 4.79 Å². The third-order valence-corrected chi connectivity index (χ3v) is 4.76. The maximum absolute atomic E-state index is 12.6. The fourth-order valence-electron chi connectivity index (χ4n) is 3.39. The van der Waals surface area contributed by atoms with E-state index < -0.39 is 0 Å². The molecule has 1 aliphatic heterocycles. The van der Waals surface area contributed by atoms with Crippen molar-refractivity contribution in [1.82, 2.24) is 9.88 Å². The second kappa shape index (κ2) is 5.58. The number of nitrogens with one attached hydrogen (secondary N) is 1. The van der Waals surface area contributed by atoms with Gasteiger partial charge in [-0.05, 0) is 43.0 Å². The van der Waals surface area contributed by atoms with Gasteiger partial charge in [-0.1, -0.05) is 35.9 Å². The van der Waals surface area contributed by atoms with Crippen LogP contribution in [0, 0.1) is 6.92 Å². The van der Waals surface area contributed by atoms with Crippen molar-refractivity contribution in [2.45, 2.75) is 19.3 Å². The van der Waals surface area contributed by atoms with Crippen LogP contribution in [0.15, 0.2) is 54.6 Å². The molecular formula is C20H20N2O. The summed E-state index contributed by atoms with van der Waals surface area (Å²) in [6.07, 6.45) is 1.02. The van der Waals surface area contributed by atoms with E-state index in [1.807, 2.05) is 42.2 Å². The summed E-state index contributed by atoms with van der Waals surface area (Å²) in [5.74, 6) is 0.542. The van der Waals surface area contributed by atoms with Gasteiger partial charge in [0.05, 0.1) is 0 Å². The molecule has 1 saturated heterocycles. The van der Waals surface area contributed by atoms with Crippen molar-refractivity contribution in [3.63, 3.8) is 0 Å². The maximum atomic E-state index is 12.6. The van der Waals surface area contributed by atoms with E-state index in [1.165, 1.54) is 22.2 Å². The number of hydrogen-bond acceptors (Lipinski definition) is 1. The maximum Gasteiger partial charge on any atom is 0.253 e. The van der Waals surface area contributed by atoms with E-state index in [-0.39, 0.29) is 5.91 Å². The highest BCUT2D eigenvalue weighted by Gasteiger charge is 2.28. The molecular weight excluding hydrogens is 284 g/mol. The number of benzene rings is 2. The molecule has 1 fully saturated rings. The van der Waals surface area contributed by atoms with Crippen LogP contribution in [0.25, 0.3) is 10.9 Å². The molecule has 0 spiro atoms. The Bertz CT molecular complexity index is 814. The highest BCUT2D eigenvalue weighted by molar-refractivity contribution is 5.94. The standard InChI is InChI=1S/C20H20N2O/c1-14-6-8-15(9-7-14)20(23)22-11-10-17(13-22)19-12-16-4-2-3-5-18(16)21-19/h2-9,12,17,21H,10-11,13H2,1H3. The first kappa shape index (κ1) is 14.1. The normalized spacial score (nSPS) is 17.8. The van der Waals surface area contributed by atoms with E-state index in [0.29, 0.717) is 5.92 Å². The summed E-state index contributed by atoms with van der Waals surface area (Å²) >= 11 is 0. The molecule has 1 amide bonds.